The molecular weight excluding hydrogens is 362 g/mol. The summed E-state index contributed by atoms with van der Waals surface area (Å²) in [5, 5.41) is 11.8. The van der Waals surface area contributed by atoms with E-state index < -0.39 is 0 Å². The minimum absolute atomic E-state index is 0.322. The van der Waals surface area contributed by atoms with Gasteiger partial charge in [0, 0.05) is 18.5 Å². The predicted octanol–water partition coefficient (Wildman–Crippen LogP) is 4.04. The molecule has 0 unspecified atom stereocenters. The molecule has 27 heavy (non-hydrogen) atoms. The normalized spacial score (nSPS) is 10.4. The lowest BCUT2D eigenvalue weighted by Gasteiger charge is -2.05. The first-order valence-electron chi connectivity index (χ1n) is 8.03. The van der Waals surface area contributed by atoms with Gasteiger partial charge in [-0.15, -0.1) is 10.2 Å². The number of para-hydroxylation sites is 1. The van der Waals surface area contributed by atoms with Crippen LogP contribution in [0.1, 0.15) is 10.4 Å². The Morgan fingerprint density at radius 3 is 2.52 bits per heavy atom. The zero-order valence-corrected chi connectivity index (χ0v) is 14.8. The van der Waals surface area contributed by atoms with Crippen molar-refractivity contribution >= 4 is 22.4 Å². The number of carbonyl (C=O) groups is 1. The van der Waals surface area contributed by atoms with Gasteiger partial charge in [0.2, 0.25) is 11.0 Å². The van der Waals surface area contributed by atoms with Gasteiger partial charge >= 0.3 is 0 Å². The molecule has 1 amide bonds. The molecule has 0 radical (unpaired) electrons. The van der Waals surface area contributed by atoms with Gasteiger partial charge in [-0.2, -0.15) is 0 Å². The molecule has 1 aromatic carbocycles. The molecule has 3 aromatic heterocycles. The number of hydrogen-bond acceptors (Lipinski definition) is 7. The maximum Gasteiger partial charge on any atom is 0.259 e. The first-order chi connectivity index (χ1) is 13.3. The van der Waals surface area contributed by atoms with Gasteiger partial charge in [0.1, 0.15) is 11.4 Å². The van der Waals surface area contributed by atoms with E-state index in [0.717, 1.165) is 0 Å². The predicted molar refractivity (Wildman–Crippen MR) is 102 cm³/mol. The molecule has 0 saturated carbocycles. The summed E-state index contributed by atoms with van der Waals surface area (Å²) >= 11 is 1.25. The van der Waals surface area contributed by atoms with Crippen LogP contribution in [0, 0.1) is 0 Å². The lowest BCUT2D eigenvalue weighted by atomic mass is 10.3. The van der Waals surface area contributed by atoms with Crippen LogP contribution in [0.5, 0.6) is 11.6 Å². The Morgan fingerprint density at radius 1 is 0.926 bits per heavy atom. The van der Waals surface area contributed by atoms with Gasteiger partial charge in [0.25, 0.3) is 5.91 Å². The van der Waals surface area contributed by atoms with E-state index >= 15 is 0 Å². The van der Waals surface area contributed by atoms with E-state index in [0.29, 0.717) is 33.0 Å². The van der Waals surface area contributed by atoms with Gasteiger partial charge in [-0.05, 0) is 30.3 Å². The number of benzene rings is 1. The number of aromatic nitrogens is 4. The minimum atomic E-state index is -0.322. The second-order valence-corrected chi connectivity index (χ2v) is 6.36. The smallest absolute Gasteiger partial charge is 0.259 e. The highest BCUT2D eigenvalue weighted by molar-refractivity contribution is 7.18. The molecule has 132 valence electrons. The van der Waals surface area contributed by atoms with E-state index in [1.165, 1.54) is 17.5 Å². The number of ether oxygens (including phenoxy) is 1. The molecule has 3 heterocycles. The van der Waals surface area contributed by atoms with Gasteiger partial charge in [-0.3, -0.25) is 15.1 Å². The number of pyridine rings is 2. The number of carbonyl (C=O) groups excluding carboxylic acids is 1. The maximum atomic E-state index is 12.4. The van der Waals surface area contributed by atoms with Crippen LogP contribution in [0.3, 0.4) is 0 Å². The summed E-state index contributed by atoms with van der Waals surface area (Å²) in [5.41, 5.74) is 1.10. The van der Waals surface area contributed by atoms with Gasteiger partial charge in [0.15, 0.2) is 5.01 Å². The highest BCUT2D eigenvalue weighted by Crippen LogP contribution is 2.25. The SMILES string of the molecule is O=C(Nc1nnc(-c2ccccn2)s1)c1ccc(Oc2ccccc2)nc1. The summed E-state index contributed by atoms with van der Waals surface area (Å²) in [6.45, 7) is 0. The molecule has 4 rings (SSSR count). The van der Waals surface area contributed by atoms with Gasteiger partial charge < -0.3 is 4.74 Å². The molecule has 0 atom stereocenters. The van der Waals surface area contributed by atoms with E-state index in [-0.39, 0.29) is 5.91 Å². The largest absolute Gasteiger partial charge is 0.439 e. The average Bonchev–Trinajstić information content (AvgIpc) is 3.18. The van der Waals surface area contributed by atoms with E-state index in [2.05, 4.69) is 25.5 Å². The molecule has 0 spiro atoms. The quantitative estimate of drug-likeness (QED) is 0.566. The van der Waals surface area contributed by atoms with Crippen molar-refractivity contribution in [3.8, 4) is 22.3 Å². The summed E-state index contributed by atoms with van der Waals surface area (Å²) in [6, 6.07) is 18.1. The van der Waals surface area contributed by atoms with Gasteiger partial charge in [0.05, 0.1) is 5.56 Å². The molecule has 4 aromatic rings. The maximum absolute atomic E-state index is 12.4. The van der Waals surface area contributed by atoms with E-state index in [1.807, 2.05) is 48.5 Å². The third kappa shape index (κ3) is 4.13. The standard InChI is InChI=1S/C19H13N5O2S/c25-17(22-19-24-23-18(27-19)15-8-4-5-11-20-15)13-9-10-16(21-12-13)26-14-6-2-1-3-7-14/h1-12H,(H,22,24,25). The molecular formula is C19H13N5O2S. The Bertz CT molecular complexity index is 1040. The summed E-state index contributed by atoms with van der Waals surface area (Å²) in [4.78, 5) is 20.7. The van der Waals surface area contributed by atoms with Crippen molar-refractivity contribution < 1.29 is 9.53 Å². The number of amides is 1. The lowest BCUT2D eigenvalue weighted by Crippen LogP contribution is -2.12. The molecule has 1 N–H and O–H groups in total. The molecule has 0 fully saturated rings. The number of anilines is 1. The highest BCUT2D eigenvalue weighted by atomic mass is 32.1. The third-order valence-corrected chi connectivity index (χ3v) is 4.35. The molecule has 0 bridgehead atoms. The number of nitrogens with zero attached hydrogens (tertiary/aromatic N) is 4. The monoisotopic (exact) mass is 375 g/mol. The Labute approximate surface area is 158 Å². The van der Waals surface area contributed by atoms with Gasteiger partial charge in [-0.25, -0.2) is 4.98 Å². The van der Waals surface area contributed by atoms with Crippen LogP contribution >= 0.6 is 11.3 Å². The zero-order chi connectivity index (χ0) is 18.5. The van der Waals surface area contributed by atoms with Gasteiger partial charge in [-0.1, -0.05) is 35.6 Å². The summed E-state index contributed by atoms with van der Waals surface area (Å²) in [5.74, 6) is 0.765. The molecule has 0 aliphatic heterocycles. The van der Waals surface area contributed by atoms with E-state index in [9.17, 15) is 4.79 Å². The van der Waals surface area contributed by atoms with Crippen molar-refractivity contribution in [1.29, 1.82) is 0 Å². The topological polar surface area (TPSA) is 89.9 Å². The molecule has 0 aliphatic carbocycles. The van der Waals surface area contributed by atoms with Crippen LogP contribution < -0.4 is 10.1 Å². The van der Waals surface area contributed by atoms with Crippen LogP contribution in [0.2, 0.25) is 0 Å². The highest BCUT2D eigenvalue weighted by Gasteiger charge is 2.12. The first-order valence-corrected chi connectivity index (χ1v) is 8.85. The van der Waals surface area contributed by atoms with E-state index in [1.54, 1.807) is 18.3 Å². The average molecular weight is 375 g/mol. The molecule has 7 nitrogen and oxygen atoms in total. The fourth-order valence-corrected chi connectivity index (χ4v) is 2.94. The number of hydrogen-bond donors (Lipinski definition) is 1. The van der Waals surface area contributed by atoms with Crippen molar-refractivity contribution in [1.82, 2.24) is 20.2 Å². The van der Waals surface area contributed by atoms with Crippen LogP contribution in [0.15, 0.2) is 73.1 Å². The van der Waals surface area contributed by atoms with Crippen LogP contribution in [-0.2, 0) is 0 Å². The van der Waals surface area contributed by atoms with Crippen molar-refractivity contribution in [2.24, 2.45) is 0 Å². The summed E-state index contributed by atoms with van der Waals surface area (Å²) in [6.07, 6.45) is 3.13. The van der Waals surface area contributed by atoms with Crippen molar-refractivity contribution in [3.63, 3.8) is 0 Å². The second kappa shape index (κ2) is 7.71. The fourth-order valence-electron chi connectivity index (χ4n) is 2.22. The molecule has 0 aliphatic rings. The molecule has 0 saturated heterocycles. The first kappa shape index (κ1) is 16.8. The zero-order valence-electron chi connectivity index (χ0n) is 13.9. The second-order valence-electron chi connectivity index (χ2n) is 5.38. The lowest BCUT2D eigenvalue weighted by molar-refractivity contribution is 0.102. The number of rotatable bonds is 5. The Kier molecular flexibility index (Phi) is 4.80. The van der Waals surface area contributed by atoms with Crippen LogP contribution in [-0.4, -0.2) is 26.1 Å². The molecule has 8 heteroatoms. The van der Waals surface area contributed by atoms with Crippen molar-refractivity contribution in [3.05, 3.63) is 78.6 Å². The number of nitrogens with one attached hydrogen (secondary N) is 1. The van der Waals surface area contributed by atoms with E-state index in [4.69, 9.17) is 4.74 Å². The Balaban J connectivity index is 1.42. The fraction of sp³-hybridized carbons (Fsp3) is 0. The summed E-state index contributed by atoms with van der Waals surface area (Å²) < 4.78 is 5.61. The van der Waals surface area contributed by atoms with Crippen LogP contribution in [0.4, 0.5) is 5.13 Å². The summed E-state index contributed by atoms with van der Waals surface area (Å²) in [7, 11) is 0. The Morgan fingerprint density at radius 2 is 1.78 bits per heavy atom. The third-order valence-electron chi connectivity index (χ3n) is 3.49. The Hall–Kier alpha value is -3.65. The van der Waals surface area contributed by atoms with Crippen molar-refractivity contribution in [2.75, 3.05) is 5.32 Å². The minimum Gasteiger partial charge on any atom is -0.439 e. The van der Waals surface area contributed by atoms with Crippen molar-refractivity contribution in [2.45, 2.75) is 0 Å². The van der Waals surface area contributed by atoms with Crippen LogP contribution in [0.25, 0.3) is 10.7 Å².